The van der Waals surface area contributed by atoms with E-state index in [1.165, 1.54) is 10.5 Å². The zero-order chi connectivity index (χ0) is 12.1. The molecule has 0 unspecified atom stereocenters. The van der Waals surface area contributed by atoms with Gasteiger partial charge in [0, 0.05) is 19.0 Å². The molecule has 2 amide bonds. The van der Waals surface area contributed by atoms with Crippen molar-refractivity contribution in [3.8, 4) is 0 Å². The number of benzene rings is 1. The number of rotatable bonds is 4. The molecular formula is C14H15NO2. The van der Waals surface area contributed by atoms with Crippen LogP contribution in [0.3, 0.4) is 0 Å². The van der Waals surface area contributed by atoms with Crippen molar-refractivity contribution in [2.24, 2.45) is 0 Å². The fourth-order valence-corrected chi connectivity index (χ4v) is 1.83. The standard InChI is InChI=1S/C14H15NO2/c16-13-9-10-14(17)15(13)11-5-4-8-12-6-2-1-3-7-12/h1-3,5-7,11H,4,8-10H2. The third-order valence-electron chi connectivity index (χ3n) is 2.79. The molecule has 1 saturated heterocycles. The van der Waals surface area contributed by atoms with Crippen LogP contribution in [0.4, 0.5) is 0 Å². The van der Waals surface area contributed by atoms with Gasteiger partial charge in [0.15, 0.2) is 0 Å². The van der Waals surface area contributed by atoms with E-state index in [9.17, 15) is 9.59 Å². The molecule has 0 radical (unpaired) electrons. The first-order chi connectivity index (χ1) is 8.27. The largest absolute Gasteiger partial charge is 0.274 e. The fourth-order valence-electron chi connectivity index (χ4n) is 1.83. The highest BCUT2D eigenvalue weighted by Gasteiger charge is 2.26. The second kappa shape index (κ2) is 5.43. The highest BCUT2D eigenvalue weighted by molar-refractivity contribution is 6.02. The minimum absolute atomic E-state index is 0.0917. The van der Waals surface area contributed by atoms with Crippen LogP contribution in [0.25, 0.3) is 0 Å². The molecule has 3 heteroatoms. The summed E-state index contributed by atoms with van der Waals surface area (Å²) in [6.07, 6.45) is 5.95. The summed E-state index contributed by atoms with van der Waals surface area (Å²) in [5.74, 6) is -0.183. The topological polar surface area (TPSA) is 37.4 Å². The number of allylic oxidation sites excluding steroid dienone is 1. The molecule has 1 aromatic rings. The second-order valence-corrected chi connectivity index (χ2v) is 4.07. The fraction of sp³-hybridized carbons (Fsp3) is 0.286. The molecule has 0 aliphatic carbocycles. The van der Waals surface area contributed by atoms with E-state index in [4.69, 9.17) is 0 Å². The van der Waals surface area contributed by atoms with E-state index in [2.05, 4.69) is 12.1 Å². The first-order valence-corrected chi connectivity index (χ1v) is 5.83. The van der Waals surface area contributed by atoms with Crippen molar-refractivity contribution in [2.45, 2.75) is 25.7 Å². The molecule has 88 valence electrons. The molecule has 1 heterocycles. The molecule has 0 aromatic heterocycles. The Bertz CT molecular complexity index is 421. The highest BCUT2D eigenvalue weighted by atomic mass is 16.2. The van der Waals surface area contributed by atoms with E-state index < -0.39 is 0 Å². The number of hydrogen-bond acceptors (Lipinski definition) is 2. The predicted octanol–water partition coefficient (Wildman–Crippen LogP) is 2.28. The van der Waals surface area contributed by atoms with E-state index in [0.717, 1.165) is 12.8 Å². The Kier molecular flexibility index (Phi) is 3.70. The van der Waals surface area contributed by atoms with E-state index in [1.807, 2.05) is 24.3 Å². The van der Waals surface area contributed by atoms with Crippen LogP contribution in [0.5, 0.6) is 0 Å². The lowest BCUT2D eigenvalue weighted by molar-refractivity contribution is -0.135. The Balaban J connectivity index is 1.82. The molecule has 1 fully saturated rings. The highest BCUT2D eigenvalue weighted by Crippen LogP contribution is 2.12. The number of amides is 2. The average molecular weight is 229 g/mol. The van der Waals surface area contributed by atoms with Crippen molar-refractivity contribution >= 4 is 11.8 Å². The number of likely N-dealkylation sites (tertiary alicyclic amines) is 1. The van der Waals surface area contributed by atoms with Crippen molar-refractivity contribution in [3.05, 3.63) is 48.2 Å². The van der Waals surface area contributed by atoms with Crippen LogP contribution < -0.4 is 0 Å². The normalized spacial score (nSPS) is 16.1. The minimum atomic E-state index is -0.0917. The van der Waals surface area contributed by atoms with Crippen LogP contribution in [0, 0.1) is 0 Å². The van der Waals surface area contributed by atoms with Crippen LogP contribution >= 0.6 is 0 Å². The minimum Gasteiger partial charge on any atom is -0.274 e. The summed E-state index contributed by atoms with van der Waals surface area (Å²) < 4.78 is 0. The van der Waals surface area contributed by atoms with Gasteiger partial charge in [0.2, 0.25) is 11.8 Å². The van der Waals surface area contributed by atoms with E-state index in [1.54, 1.807) is 6.20 Å². The van der Waals surface area contributed by atoms with Crippen LogP contribution in [0.15, 0.2) is 42.6 Å². The lowest BCUT2D eigenvalue weighted by atomic mass is 10.1. The summed E-state index contributed by atoms with van der Waals surface area (Å²) in [6.45, 7) is 0. The Labute approximate surface area is 101 Å². The van der Waals surface area contributed by atoms with Crippen LogP contribution in [-0.4, -0.2) is 16.7 Å². The number of aryl methyl sites for hydroxylation is 1. The van der Waals surface area contributed by atoms with Crippen LogP contribution in [-0.2, 0) is 16.0 Å². The average Bonchev–Trinajstić information content (AvgIpc) is 2.67. The van der Waals surface area contributed by atoms with Gasteiger partial charge in [-0.15, -0.1) is 0 Å². The van der Waals surface area contributed by atoms with Gasteiger partial charge < -0.3 is 0 Å². The Hall–Kier alpha value is -1.90. The number of carbonyl (C=O) groups is 2. The summed E-state index contributed by atoms with van der Waals surface area (Å²) >= 11 is 0. The summed E-state index contributed by atoms with van der Waals surface area (Å²) in [6, 6.07) is 10.1. The number of hydrogen-bond donors (Lipinski definition) is 0. The Morgan fingerprint density at radius 1 is 1.06 bits per heavy atom. The Morgan fingerprint density at radius 2 is 1.71 bits per heavy atom. The molecule has 1 aliphatic heterocycles. The molecule has 2 rings (SSSR count). The SMILES string of the molecule is O=C1CCC(=O)N1C=CCCc1ccccc1. The van der Waals surface area contributed by atoms with Gasteiger partial charge in [-0.3, -0.25) is 14.5 Å². The van der Waals surface area contributed by atoms with Crippen molar-refractivity contribution < 1.29 is 9.59 Å². The summed E-state index contributed by atoms with van der Waals surface area (Å²) in [7, 11) is 0. The molecule has 0 saturated carbocycles. The maximum Gasteiger partial charge on any atom is 0.233 e. The maximum atomic E-state index is 11.3. The molecular weight excluding hydrogens is 214 g/mol. The van der Waals surface area contributed by atoms with Gasteiger partial charge in [0.25, 0.3) is 0 Å². The second-order valence-electron chi connectivity index (χ2n) is 4.07. The number of imide groups is 1. The van der Waals surface area contributed by atoms with Crippen molar-refractivity contribution in [2.75, 3.05) is 0 Å². The zero-order valence-corrected chi connectivity index (χ0v) is 9.63. The lowest BCUT2D eigenvalue weighted by Crippen LogP contribution is -2.22. The first kappa shape index (κ1) is 11.6. The molecule has 0 spiro atoms. The maximum absolute atomic E-state index is 11.3. The summed E-state index contributed by atoms with van der Waals surface area (Å²) in [4.78, 5) is 23.8. The van der Waals surface area contributed by atoms with Crippen LogP contribution in [0.1, 0.15) is 24.8 Å². The van der Waals surface area contributed by atoms with Gasteiger partial charge in [0.1, 0.15) is 0 Å². The van der Waals surface area contributed by atoms with Crippen molar-refractivity contribution in [3.63, 3.8) is 0 Å². The van der Waals surface area contributed by atoms with Crippen molar-refractivity contribution in [1.82, 2.24) is 4.90 Å². The predicted molar refractivity (Wildman–Crippen MR) is 65.0 cm³/mol. The molecule has 0 atom stereocenters. The van der Waals surface area contributed by atoms with Crippen molar-refractivity contribution in [1.29, 1.82) is 0 Å². The molecule has 3 nitrogen and oxygen atoms in total. The monoisotopic (exact) mass is 229 g/mol. The number of carbonyl (C=O) groups excluding carboxylic acids is 2. The van der Waals surface area contributed by atoms with Gasteiger partial charge in [-0.1, -0.05) is 36.4 Å². The van der Waals surface area contributed by atoms with Gasteiger partial charge in [-0.2, -0.15) is 0 Å². The quantitative estimate of drug-likeness (QED) is 0.743. The van der Waals surface area contributed by atoms with Gasteiger partial charge >= 0.3 is 0 Å². The lowest BCUT2D eigenvalue weighted by Gasteiger charge is -2.06. The molecule has 0 bridgehead atoms. The third-order valence-corrected chi connectivity index (χ3v) is 2.79. The van der Waals surface area contributed by atoms with Gasteiger partial charge in [0.05, 0.1) is 0 Å². The summed E-state index contributed by atoms with van der Waals surface area (Å²) in [5, 5.41) is 0. The molecule has 0 N–H and O–H groups in total. The molecule has 1 aliphatic rings. The molecule has 1 aromatic carbocycles. The number of nitrogens with zero attached hydrogens (tertiary/aromatic N) is 1. The zero-order valence-electron chi connectivity index (χ0n) is 9.63. The smallest absolute Gasteiger partial charge is 0.233 e. The first-order valence-electron chi connectivity index (χ1n) is 5.83. The van der Waals surface area contributed by atoms with E-state index in [0.29, 0.717) is 12.8 Å². The van der Waals surface area contributed by atoms with Crippen LogP contribution in [0.2, 0.25) is 0 Å². The summed E-state index contributed by atoms with van der Waals surface area (Å²) in [5.41, 5.74) is 1.26. The molecule has 17 heavy (non-hydrogen) atoms. The van der Waals surface area contributed by atoms with E-state index in [-0.39, 0.29) is 11.8 Å². The van der Waals surface area contributed by atoms with E-state index >= 15 is 0 Å². The van der Waals surface area contributed by atoms with Gasteiger partial charge in [-0.25, -0.2) is 0 Å². The van der Waals surface area contributed by atoms with Gasteiger partial charge in [-0.05, 0) is 18.4 Å². The Morgan fingerprint density at radius 3 is 2.35 bits per heavy atom. The third kappa shape index (κ3) is 3.03.